The lowest BCUT2D eigenvalue weighted by Gasteiger charge is -2.35. The van der Waals surface area contributed by atoms with E-state index in [1.807, 2.05) is 43.3 Å². The fourth-order valence-corrected chi connectivity index (χ4v) is 6.08. The number of carbonyl (C=O) groups excluding carboxylic acids is 2. The Bertz CT molecular complexity index is 1460. The van der Waals surface area contributed by atoms with Crippen LogP contribution >= 0.6 is 0 Å². The molecule has 0 radical (unpaired) electrons. The first kappa shape index (κ1) is 30.9. The summed E-state index contributed by atoms with van der Waals surface area (Å²) < 4.78 is 11.4. The van der Waals surface area contributed by atoms with Gasteiger partial charge in [0, 0.05) is 61.8 Å². The maximum absolute atomic E-state index is 12.8. The Morgan fingerprint density at radius 1 is 0.800 bits per heavy atom. The summed E-state index contributed by atoms with van der Waals surface area (Å²) in [5, 5.41) is 5.71. The number of morpholine rings is 1. The molecular formula is C33H42N8O4. The molecule has 12 heteroatoms. The van der Waals surface area contributed by atoms with Crippen molar-refractivity contribution in [2.24, 2.45) is 0 Å². The molecule has 3 amide bonds. The number of hydrogen-bond donors (Lipinski definition) is 2. The lowest BCUT2D eigenvalue weighted by molar-refractivity contribution is 0.0786. The first-order valence-corrected chi connectivity index (χ1v) is 15.7. The van der Waals surface area contributed by atoms with Crippen molar-refractivity contribution in [3.8, 4) is 11.4 Å². The molecule has 0 aliphatic carbocycles. The topological polar surface area (TPSA) is 125 Å². The average Bonchev–Trinajstić information content (AvgIpc) is 3.31. The van der Waals surface area contributed by atoms with Gasteiger partial charge in [-0.25, -0.2) is 9.78 Å². The molecule has 3 aliphatic rings. The van der Waals surface area contributed by atoms with Crippen molar-refractivity contribution >= 4 is 29.3 Å². The first-order valence-electron chi connectivity index (χ1n) is 15.7. The van der Waals surface area contributed by atoms with E-state index in [0.29, 0.717) is 55.7 Å². The zero-order chi connectivity index (χ0) is 31.3. The van der Waals surface area contributed by atoms with Crippen LogP contribution in [0.4, 0.5) is 22.1 Å². The fourth-order valence-electron chi connectivity index (χ4n) is 6.08. The number of hydrogen-bond acceptors (Lipinski definition) is 9. The summed E-state index contributed by atoms with van der Waals surface area (Å²) in [4.78, 5) is 46.3. The van der Waals surface area contributed by atoms with E-state index in [-0.39, 0.29) is 29.9 Å². The van der Waals surface area contributed by atoms with Gasteiger partial charge >= 0.3 is 6.03 Å². The van der Waals surface area contributed by atoms with E-state index in [1.54, 1.807) is 36.2 Å². The SMILES string of the molecule is CN(C)CCN(C)C(=O)c1ccc(NC(=O)Nc2ccc(-c3nc(C4CCOCC4)nc(N4C5CCC4COC5)n3)cc2)cc1. The van der Waals surface area contributed by atoms with Crippen LogP contribution in [0.2, 0.25) is 0 Å². The maximum Gasteiger partial charge on any atom is 0.323 e. The summed E-state index contributed by atoms with van der Waals surface area (Å²) in [6.45, 7) is 4.23. The van der Waals surface area contributed by atoms with Gasteiger partial charge in [-0.1, -0.05) is 0 Å². The second kappa shape index (κ2) is 13.9. The summed E-state index contributed by atoms with van der Waals surface area (Å²) >= 11 is 0. The molecule has 2 aromatic carbocycles. The van der Waals surface area contributed by atoms with Crippen molar-refractivity contribution in [2.75, 3.05) is 76.2 Å². The number of nitrogens with one attached hydrogen (secondary N) is 2. The first-order chi connectivity index (χ1) is 21.8. The van der Waals surface area contributed by atoms with E-state index >= 15 is 0 Å². The lowest BCUT2D eigenvalue weighted by atomic mass is 9.99. The van der Waals surface area contributed by atoms with E-state index in [4.69, 9.17) is 24.4 Å². The van der Waals surface area contributed by atoms with Crippen LogP contribution < -0.4 is 15.5 Å². The molecule has 2 bridgehead atoms. The Hall–Kier alpha value is -4.13. The third-order valence-corrected chi connectivity index (χ3v) is 8.72. The van der Waals surface area contributed by atoms with Gasteiger partial charge in [0.1, 0.15) is 5.82 Å². The van der Waals surface area contributed by atoms with Gasteiger partial charge in [-0.3, -0.25) is 4.79 Å². The third-order valence-electron chi connectivity index (χ3n) is 8.72. The molecule has 2 unspecified atom stereocenters. The van der Waals surface area contributed by atoms with E-state index < -0.39 is 0 Å². The van der Waals surface area contributed by atoms with Crippen molar-refractivity contribution in [3.63, 3.8) is 0 Å². The number of urea groups is 1. The molecule has 3 aromatic rings. The maximum atomic E-state index is 12.8. The fraction of sp³-hybridized carbons (Fsp3) is 0.485. The Labute approximate surface area is 264 Å². The van der Waals surface area contributed by atoms with Crippen molar-refractivity contribution < 1.29 is 19.1 Å². The predicted molar refractivity (Wildman–Crippen MR) is 173 cm³/mol. The number of anilines is 3. The van der Waals surface area contributed by atoms with Crippen molar-refractivity contribution in [1.29, 1.82) is 0 Å². The number of fused-ring (bicyclic) bond motifs is 2. The minimum absolute atomic E-state index is 0.0598. The number of rotatable bonds is 9. The summed E-state index contributed by atoms with van der Waals surface area (Å²) in [6, 6.07) is 14.6. The standard InChI is InChI=1S/C33H42N8O4/c1-39(2)16-17-40(3)31(42)24-6-10-26(11-7-24)35-33(43)34-25-8-4-22(5-9-25)29-36-30(23-14-18-44-19-15-23)38-32(37-29)41-27-12-13-28(41)21-45-20-27/h4-11,23,27-28H,12-21H2,1-3H3,(H2,34,35,43). The van der Waals surface area contributed by atoms with Gasteiger partial charge in [-0.15, -0.1) is 0 Å². The third kappa shape index (κ3) is 7.41. The van der Waals surface area contributed by atoms with E-state index in [9.17, 15) is 9.59 Å². The Morgan fingerprint density at radius 3 is 2.04 bits per heavy atom. The Balaban J connectivity index is 1.12. The molecule has 3 aliphatic heterocycles. The van der Waals surface area contributed by atoms with Crippen LogP contribution in [0, 0.1) is 0 Å². The van der Waals surface area contributed by atoms with E-state index in [2.05, 4.69) is 15.5 Å². The zero-order valence-corrected chi connectivity index (χ0v) is 26.2. The molecular weight excluding hydrogens is 572 g/mol. The number of aromatic nitrogens is 3. The highest BCUT2D eigenvalue weighted by molar-refractivity contribution is 6.00. The molecule has 45 heavy (non-hydrogen) atoms. The molecule has 2 atom stereocenters. The lowest BCUT2D eigenvalue weighted by Crippen LogP contribution is -2.47. The quantitative estimate of drug-likeness (QED) is 0.367. The highest BCUT2D eigenvalue weighted by atomic mass is 16.5. The zero-order valence-electron chi connectivity index (χ0n) is 26.2. The minimum atomic E-state index is -0.378. The predicted octanol–water partition coefficient (Wildman–Crippen LogP) is 4.08. The van der Waals surface area contributed by atoms with Gasteiger partial charge in [0.2, 0.25) is 5.95 Å². The second-order valence-corrected chi connectivity index (χ2v) is 12.3. The van der Waals surface area contributed by atoms with Crippen molar-refractivity contribution in [2.45, 2.75) is 43.7 Å². The van der Waals surface area contributed by atoms with Crippen LogP contribution in [0.5, 0.6) is 0 Å². The number of amides is 3. The summed E-state index contributed by atoms with van der Waals surface area (Å²) in [5.41, 5.74) is 2.65. The molecule has 4 heterocycles. The van der Waals surface area contributed by atoms with Crippen LogP contribution in [0.1, 0.15) is 47.8 Å². The summed E-state index contributed by atoms with van der Waals surface area (Å²) in [5.74, 6) is 2.35. The molecule has 2 N–H and O–H groups in total. The number of benzene rings is 2. The Morgan fingerprint density at radius 2 is 1.42 bits per heavy atom. The van der Waals surface area contributed by atoms with E-state index in [0.717, 1.165) is 49.6 Å². The summed E-state index contributed by atoms with van der Waals surface area (Å²) in [7, 11) is 5.74. The number of ether oxygens (including phenoxy) is 2. The number of nitrogens with zero attached hydrogens (tertiary/aromatic N) is 6. The van der Waals surface area contributed by atoms with Crippen LogP contribution in [0.3, 0.4) is 0 Å². The molecule has 6 rings (SSSR count). The highest BCUT2D eigenvalue weighted by Crippen LogP contribution is 2.34. The smallest absolute Gasteiger partial charge is 0.323 e. The average molecular weight is 615 g/mol. The molecule has 12 nitrogen and oxygen atoms in total. The van der Waals surface area contributed by atoms with Crippen LogP contribution in [-0.2, 0) is 9.47 Å². The van der Waals surface area contributed by atoms with Gasteiger partial charge < -0.3 is 34.8 Å². The van der Waals surface area contributed by atoms with Crippen LogP contribution in [0.25, 0.3) is 11.4 Å². The minimum Gasteiger partial charge on any atom is -0.381 e. The van der Waals surface area contributed by atoms with Gasteiger partial charge in [0.15, 0.2) is 5.82 Å². The normalized spacial score (nSPS) is 19.9. The van der Waals surface area contributed by atoms with Crippen molar-refractivity contribution in [3.05, 3.63) is 59.9 Å². The second-order valence-electron chi connectivity index (χ2n) is 12.3. The van der Waals surface area contributed by atoms with Crippen molar-refractivity contribution in [1.82, 2.24) is 24.8 Å². The highest BCUT2D eigenvalue weighted by Gasteiger charge is 2.39. The van der Waals surface area contributed by atoms with Gasteiger partial charge in [0.25, 0.3) is 5.91 Å². The van der Waals surface area contributed by atoms with Gasteiger partial charge in [-0.2, -0.15) is 9.97 Å². The van der Waals surface area contributed by atoms with Gasteiger partial charge in [-0.05, 0) is 88.3 Å². The summed E-state index contributed by atoms with van der Waals surface area (Å²) in [6.07, 6.45) is 3.95. The largest absolute Gasteiger partial charge is 0.381 e. The molecule has 3 fully saturated rings. The van der Waals surface area contributed by atoms with E-state index in [1.165, 1.54) is 0 Å². The van der Waals surface area contributed by atoms with Crippen LogP contribution in [-0.4, -0.2) is 109 Å². The van der Waals surface area contributed by atoms with Crippen LogP contribution in [0.15, 0.2) is 48.5 Å². The molecule has 0 spiro atoms. The molecule has 1 aromatic heterocycles. The molecule has 238 valence electrons. The molecule has 0 saturated carbocycles. The Kier molecular flexibility index (Phi) is 9.53. The molecule has 3 saturated heterocycles. The van der Waals surface area contributed by atoms with Gasteiger partial charge in [0.05, 0.1) is 25.3 Å². The number of likely N-dealkylation sites (N-methyl/N-ethyl adjacent to an activating group) is 2. The monoisotopic (exact) mass is 614 g/mol. The number of carbonyl (C=O) groups is 2.